The van der Waals surface area contributed by atoms with Gasteiger partial charge in [-0.1, -0.05) is 6.07 Å². The van der Waals surface area contributed by atoms with E-state index in [1.54, 1.807) is 23.9 Å². The van der Waals surface area contributed by atoms with Crippen molar-refractivity contribution in [1.29, 1.82) is 0 Å². The fraction of sp³-hybridized carbons (Fsp3) is 0.269. The number of halogens is 3. The molecule has 0 saturated carbocycles. The van der Waals surface area contributed by atoms with E-state index in [1.165, 1.54) is 11.1 Å². The third-order valence-corrected chi connectivity index (χ3v) is 5.58. The van der Waals surface area contributed by atoms with Gasteiger partial charge in [-0.3, -0.25) is 19.7 Å². The molecule has 0 aliphatic carbocycles. The Balaban J connectivity index is 0.00000204. The van der Waals surface area contributed by atoms with E-state index in [0.717, 1.165) is 49.1 Å². The monoisotopic (exact) mass is 536 g/mol. The topological polar surface area (TPSA) is 60.2 Å². The van der Waals surface area contributed by atoms with Crippen LogP contribution in [0.2, 0.25) is 0 Å². The number of aromatic nitrogens is 3. The van der Waals surface area contributed by atoms with E-state index >= 15 is 0 Å². The maximum atomic E-state index is 11.9. The van der Waals surface area contributed by atoms with Crippen LogP contribution in [-0.4, -0.2) is 39.1 Å². The SMILES string of the molecule is Cl.Cl.Cl.Cn1c(=O)ccc2ccc(OCCCN(CCc3cccnc3)Cc3ccncc3)cc21. The van der Waals surface area contributed by atoms with Crippen molar-refractivity contribution in [3.63, 3.8) is 0 Å². The summed E-state index contributed by atoms with van der Waals surface area (Å²) >= 11 is 0. The van der Waals surface area contributed by atoms with Gasteiger partial charge in [0.2, 0.25) is 0 Å². The minimum absolute atomic E-state index is 0. The van der Waals surface area contributed by atoms with Crippen molar-refractivity contribution in [3.8, 4) is 5.75 Å². The molecule has 0 fully saturated rings. The van der Waals surface area contributed by atoms with E-state index in [9.17, 15) is 4.79 Å². The first-order valence-electron chi connectivity index (χ1n) is 10.9. The standard InChI is InChI=1S/C26H28N4O2.3ClH/c1-29-25-18-24(7-5-23(25)6-8-26(29)31)32-17-3-15-30(20-22-9-13-27-14-10-22)16-11-21-4-2-12-28-19-21;;;/h2,4-10,12-14,18-19H,3,11,15-17,20H2,1H3;3*1H. The molecule has 0 aliphatic rings. The lowest BCUT2D eigenvalue weighted by Crippen LogP contribution is -2.28. The average molecular weight is 538 g/mol. The molecule has 4 aromatic rings. The van der Waals surface area contributed by atoms with Gasteiger partial charge in [0, 0.05) is 63.6 Å². The molecule has 9 heteroatoms. The number of ether oxygens (including phenoxy) is 1. The highest BCUT2D eigenvalue weighted by molar-refractivity contribution is 5.86. The molecule has 0 aliphatic heterocycles. The summed E-state index contributed by atoms with van der Waals surface area (Å²) in [5.74, 6) is 0.787. The Morgan fingerprint density at radius 2 is 1.66 bits per heavy atom. The van der Waals surface area contributed by atoms with Crippen molar-refractivity contribution < 1.29 is 4.74 Å². The quantitative estimate of drug-likeness (QED) is 0.263. The number of pyridine rings is 3. The van der Waals surface area contributed by atoms with Gasteiger partial charge in [-0.15, -0.1) is 37.2 Å². The van der Waals surface area contributed by atoms with Gasteiger partial charge in [0.05, 0.1) is 12.1 Å². The van der Waals surface area contributed by atoms with Gasteiger partial charge in [-0.25, -0.2) is 0 Å². The Bertz CT molecular complexity index is 1210. The minimum atomic E-state index is -0.0185. The molecule has 4 rings (SSSR count). The summed E-state index contributed by atoms with van der Waals surface area (Å²) in [5, 5.41) is 1.03. The smallest absolute Gasteiger partial charge is 0.250 e. The summed E-state index contributed by atoms with van der Waals surface area (Å²) in [6, 6.07) is 17.6. The van der Waals surface area contributed by atoms with Gasteiger partial charge in [0.25, 0.3) is 5.56 Å². The van der Waals surface area contributed by atoms with Gasteiger partial charge >= 0.3 is 0 Å². The molecule has 0 saturated heterocycles. The Kier molecular flexibility index (Phi) is 13.3. The fourth-order valence-corrected chi connectivity index (χ4v) is 3.76. The lowest BCUT2D eigenvalue weighted by atomic mass is 10.2. The molecule has 0 atom stereocenters. The first kappa shape index (κ1) is 30.4. The maximum absolute atomic E-state index is 11.9. The molecule has 3 heterocycles. The minimum Gasteiger partial charge on any atom is -0.493 e. The second kappa shape index (κ2) is 15.4. The lowest BCUT2D eigenvalue weighted by Gasteiger charge is -2.22. The highest BCUT2D eigenvalue weighted by Crippen LogP contribution is 2.19. The van der Waals surface area contributed by atoms with Crippen molar-refractivity contribution in [1.82, 2.24) is 19.4 Å². The molecule has 0 radical (unpaired) electrons. The molecule has 3 aromatic heterocycles. The number of nitrogens with zero attached hydrogens (tertiary/aromatic N) is 4. The van der Waals surface area contributed by atoms with Gasteiger partial charge < -0.3 is 9.30 Å². The van der Waals surface area contributed by atoms with E-state index in [0.29, 0.717) is 6.61 Å². The summed E-state index contributed by atoms with van der Waals surface area (Å²) in [5.41, 5.74) is 3.36. The van der Waals surface area contributed by atoms with Crippen LogP contribution in [0.3, 0.4) is 0 Å². The van der Waals surface area contributed by atoms with Crippen molar-refractivity contribution in [2.24, 2.45) is 7.05 Å². The fourth-order valence-electron chi connectivity index (χ4n) is 3.76. The number of aryl methyl sites for hydroxylation is 1. The van der Waals surface area contributed by atoms with Crippen LogP contribution in [0.1, 0.15) is 17.5 Å². The highest BCUT2D eigenvalue weighted by Gasteiger charge is 2.08. The molecule has 0 bridgehead atoms. The highest BCUT2D eigenvalue weighted by atomic mass is 35.5. The first-order chi connectivity index (χ1) is 15.7. The molecular weight excluding hydrogens is 507 g/mol. The number of rotatable bonds is 10. The van der Waals surface area contributed by atoms with Crippen LogP contribution in [0.4, 0.5) is 0 Å². The summed E-state index contributed by atoms with van der Waals surface area (Å²) in [4.78, 5) is 22.7. The first-order valence-corrected chi connectivity index (χ1v) is 10.9. The van der Waals surface area contributed by atoms with Gasteiger partial charge in [-0.2, -0.15) is 0 Å². The van der Waals surface area contributed by atoms with Crippen LogP contribution in [0, 0.1) is 0 Å². The number of hydrogen-bond acceptors (Lipinski definition) is 5. The number of fused-ring (bicyclic) bond motifs is 1. The Morgan fingerprint density at radius 1 is 0.886 bits per heavy atom. The van der Waals surface area contributed by atoms with Crippen molar-refractivity contribution in [2.45, 2.75) is 19.4 Å². The van der Waals surface area contributed by atoms with Crippen LogP contribution in [0.15, 0.2) is 84.2 Å². The Hall–Kier alpha value is -2.64. The molecule has 35 heavy (non-hydrogen) atoms. The molecule has 0 amide bonds. The summed E-state index contributed by atoms with van der Waals surface area (Å²) in [6.45, 7) is 3.37. The predicted molar refractivity (Wildman–Crippen MR) is 148 cm³/mol. The van der Waals surface area contributed by atoms with Crippen LogP contribution in [-0.2, 0) is 20.0 Å². The molecule has 0 unspecified atom stereocenters. The Morgan fingerprint density at radius 3 is 2.40 bits per heavy atom. The third-order valence-electron chi connectivity index (χ3n) is 5.58. The zero-order chi connectivity index (χ0) is 22.2. The van der Waals surface area contributed by atoms with E-state index in [-0.39, 0.29) is 42.8 Å². The van der Waals surface area contributed by atoms with Crippen molar-refractivity contribution in [2.75, 3.05) is 19.7 Å². The maximum Gasteiger partial charge on any atom is 0.250 e. The largest absolute Gasteiger partial charge is 0.493 e. The zero-order valence-electron chi connectivity index (χ0n) is 19.6. The molecule has 188 valence electrons. The predicted octanol–water partition coefficient (Wildman–Crippen LogP) is 5.11. The third kappa shape index (κ3) is 8.82. The second-order valence-corrected chi connectivity index (χ2v) is 7.90. The van der Waals surface area contributed by atoms with E-state index in [1.807, 2.05) is 48.9 Å². The summed E-state index contributed by atoms with van der Waals surface area (Å²) < 4.78 is 7.66. The van der Waals surface area contributed by atoms with Crippen LogP contribution < -0.4 is 10.3 Å². The molecule has 1 aromatic carbocycles. The molecular formula is C26H31Cl3N4O2. The van der Waals surface area contributed by atoms with Crippen LogP contribution >= 0.6 is 37.2 Å². The van der Waals surface area contributed by atoms with E-state index in [2.05, 4.69) is 33.1 Å². The Labute approximate surface area is 224 Å². The second-order valence-electron chi connectivity index (χ2n) is 7.90. The molecule has 0 spiro atoms. The van der Waals surface area contributed by atoms with Gasteiger partial charge in [-0.05, 0) is 65.8 Å². The number of hydrogen-bond donors (Lipinski definition) is 0. The van der Waals surface area contributed by atoms with Crippen molar-refractivity contribution >= 4 is 48.1 Å². The van der Waals surface area contributed by atoms with Crippen molar-refractivity contribution in [3.05, 3.63) is 101 Å². The zero-order valence-corrected chi connectivity index (χ0v) is 22.0. The average Bonchev–Trinajstić information content (AvgIpc) is 2.84. The van der Waals surface area contributed by atoms with Crippen LogP contribution in [0.25, 0.3) is 10.9 Å². The summed E-state index contributed by atoms with van der Waals surface area (Å²) in [7, 11) is 1.79. The molecule has 0 N–H and O–H groups in total. The lowest BCUT2D eigenvalue weighted by molar-refractivity contribution is 0.230. The molecule has 6 nitrogen and oxygen atoms in total. The van der Waals surface area contributed by atoms with E-state index < -0.39 is 0 Å². The van der Waals surface area contributed by atoms with Crippen LogP contribution in [0.5, 0.6) is 5.75 Å². The van der Waals surface area contributed by atoms with E-state index in [4.69, 9.17) is 4.74 Å². The summed E-state index contributed by atoms with van der Waals surface area (Å²) in [6.07, 6.45) is 9.28. The van der Waals surface area contributed by atoms with Gasteiger partial charge in [0.1, 0.15) is 5.75 Å². The number of benzene rings is 1. The van der Waals surface area contributed by atoms with Gasteiger partial charge in [0.15, 0.2) is 0 Å². The normalized spacial score (nSPS) is 10.2.